The number of hydrogen-bond donors (Lipinski definition) is 1. The van der Waals surface area contributed by atoms with Crippen LogP contribution in [-0.2, 0) is 16.1 Å². The number of fused-ring (bicyclic) bond motifs is 2. The van der Waals surface area contributed by atoms with Crippen LogP contribution in [0, 0.1) is 5.82 Å². The van der Waals surface area contributed by atoms with Gasteiger partial charge in [0.25, 0.3) is 5.56 Å². The predicted octanol–water partition coefficient (Wildman–Crippen LogP) is 5.98. The average Bonchev–Trinajstić information content (AvgIpc) is 3.59. The third-order valence-corrected chi connectivity index (χ3v) is 6.94. The van der Waals surface area contributed by atoms with Gasteiger partial charge in [0.15, 0.2) is 5.58 Å². The summed E-state index contributed by atoms with van der Waals surface area (Å²) in [6, 6.07) is 16.0. The molecule has 0 spiro atoms. The third-order valence-electron chi connectivity index (χ3n) is 6.71. The van der Waals surface area contributed by atoms with Crippen LogP contribution in [0.2, 0.25) is 5.02 Å². The van der Waals surface area contributed by atoms with E-state index in [9.17, 15) is 14.0 Å². The van der Waals surface area contributed by atoms with Gasteiger partial charge in [0.1, 0.15) is 17.2 Å². The van der Waals surface area contributed by atoms with Crippen molar-refractivity contribution in [2.75, 3.05) is 0 Å². The normalized spacial score (nSPS) is 14.9. The summed E-state index contributed by atoms with van der Waals surface area (Å²) in [6.45, 7) is 0. The number of aryl methyl sites for hydroxylation is 1. The van der Waals surface area contributed by atoms with Crippen molar-refractivity contribution in [1.29, 1.82) is 0 Å². The molecule has 0 bridgehead atoms. The van der Waals surface area contributed by atoms with Crippen LogP contribution in [0.1, 0.15) is 49.1 Å². The van der Waals surface area contributed by atoms with Crippen LogP contribution in [0.25, 0.3) is 27.7 Å². The van der Waals surface area contributed by atoms with Gasteiger partial charge in [0.05, 0.1) is 22.3 Å². The Morgan fingerprint density at radius 3 is 2.67 bits per heavy atom. The number of nitrogens with zero attached hydrogens (tertiary/aromatic N) is 4. The average molecular weight is 561 g/mol. The first-order chi connectivity index (χ1) is 19.4. The van der Waals surface area contributed by atoms with Crippen molar-refractivity contribution >= 4 is 45.3 Å². The smallest absolute Gasteiger partial charge is 0.303 e. The molecule has 0 aliphatic carbocycles. The van der Waals surface area contributed by atoms with Gasteiger partial charge in [-0.25, -0.2) is 14.4 Å². The van der Waals surface area contributed by atoms with Crippen LogP contribution < -0.4 is 5.56 Å². The minimum Gasteiger partial charge on any atom is -0.481 e. The molecule has 40 heavy (non-hydrogen) atoms. The van der Waals surface area contributed by atoms with Crippen molar-refractivity contribution in [3.8, 4) is 5.69 Å². The maximum Gasteiger partial charge on any atom is 0.303 e. The summed E-state index contributed by atoms with van der Waals surface area (Å²) in [5.41, 5.74) is 3.26. The molecule has 0 amide bonds. The van der Waals surface area contributed by atoms with E-state index in [1.165, 1.54) is 28.8 Å². The zero-order valence-electron chi connectivity index (χ0n) is 21.0. The Hall–Kier alpha value is -4.57. The van der Waals surface area contributed by atoms with Gasteiger partial charge in [-0.2, -0.15) is 0 Å². The fourth-order valence-electron chi connectivity index (χ4n) is 4.73. The highest BCUT2D eigenvalue weighted by atomic mass is 35.5. The molecular weight excluding hydrogens is 539 g/mol. The summed E-state index contributed by atoms with van der Waals surface area (Å²) in [6.07, 6.45) is 1.23. The Labute approximate surface area is 231 Å². The molecular formula is C29H22ClFN4O5. The lowest BCUT2D eigenvalue weighted by Crippen LogP contribution is -2.24. The molecule has 0 saturated heterocycles. The molecule has 1 aliphatic rings. The van der Waals surface area contributed by atoms with Crippen LogP contribution in [0.4, 0.5) is 4.39 Å². The lowest BCUT2D eigenvalue weighted by molar-refractivity contribution is -0.137. The van der Waals surface area contributed by atoms with E-state index in [1.54, 1.807) is 36.4 Å². The summed E-state index contributed by atoms with van der Waals surface area (Å²) in [7, 11) is 0. The molecule has 3 aromatic carbocycles. The van der Waals surface area contributed by atoms with Gasteiger partial charge < -0.3 is 14.4 Å². The minimum atomic E-state index is -0.883. The van der Waals surface area contributed by atoms with Crippen molar-refractivity contribution in [2.45, 2.75) is 38.2 Å². The molecule has 3 heterocycles. The number of halogens is 2. The van der Waals surface area contributed by atoms with Crippen LogP contribution in [0.5, 0.6) is 0 Å². The number of carboxylic acids is 1. The molecule has 1 N–H and O–H groups in total. The van der Waals surface area contributed by atoms with E-state index in [1.807, 2.05) is 0 Å². The van der Waals surface area contributed by atoms with E-state index < -0.39 is 17.9 Å². The van der Waals surface area contributed by atoms with Crippen LogP contribution in [-0.4, -0.2) is 31.3 Å². The van der Waals surface area contributed by atoms with Gasteiger partial charge in [-0.3, -0.25) is 14.2 Å². The van der Waals surface area contributed by atoms with E-state index >= 15 is 0 Å². The zero-order chi connectivity index (χ0) is 27.8. The van der Waals surface area contributed by atoms with Crippen molar-refractivity contribution < 1.29 is 23.5 Å². The van der Waals surface area contributed by atoms with Gasteiger partial charge in [-0.15, -0.1) is 0 Å². The quantitative estimate of drug-likeness (QED) is 0.232. The van der Waals surface area contributed by atoms with Crippen LogP contribution in [0.15, 0.2) is 75.0 Å². The molecule has 5 aromatic rings. The van der Waals surface area contributed by atoms with Gasteiger partial charge in [-0.1, -0.05) is 22.8 Å². The van der Waals surface area contributed by atoms with Gasteiger partial charge in [0, 0.05) is 35.9 Å². The second-order valence-corrected chi connectivity index (χ2v) is 9.91. The Bertz CT molecular complexity index is 1850. The van der Waals surface area contributed by atoms with Crippen molar-refractivity contribution in [1.82, 2.24) is 14.5 Å². The Morgan fingerprint density at radius 2 is 1.88 bits per heavy atom. The number of benzene rings is 3. The molecule has 6 rings (SSSR count). The maximum atomic E-state index is 13.6. The monoisotopic (exact) mass is 560 g/mol. The number of oxazole rings is 1. The topological polar surface area (TPSA) is 120 Å². The van der Waals surface area contributed by atoms with Crippen LogP contribution >= 0.6 is 11.6 Å². The van der Waals surface area contributed by atoms with Gasteiger partial charge in [-0.05, 0) is 61.4 Å². The van der Waals surface area contributed by atoms with Gasteiger partial charge in [0.2, 0.25) is 12.0 Å². The highest BCUT2D eigenvalue weighted by Gasteiger charge is 2.29. The highest BCUT2D eigenvalue weighted by Crippen LogP contribution is 2.32. The highest BCUT2D eigenvalue weighted by molar-refractivity contribution is 6.31. The summed E-state index contributed by atoms with van der Waals surface area (Å²) in [5, 5.41) is 14.2. The standard InChI is InChI=1S/C29H22ClFN4O5/c30-17-6-12-21-24(14-17)39-28(33-21)25-15-22(34-40-25)16-5-11-20-23(13-16)32-26(3-1-2-4-27(36)37)35(29(20)38)19-9-7-18(31)8-10-19/h5-14,25H,1-4,15H2,(H,36,37). The Balaban J connectivity index is 1.32. The fourth-order valence-corrected chi connectivity index (χ4v) is 4.89. The first-order valence-corrected chi connectivity index (χ1v) is 13.1. The van der Waals surface area contributed by atoms with E-state index in [-0.39, 0.29) is 12.0 Å². The molecule has 1 aliphatic heterocycles. The predicted molar refractivity (Wildman–Crippen MR) is 146 cm³/mol. The number of aliphatic carboxylic acids is 1. The molecule has 1 unspecified atom stereocenters. The summed E-state index contributed by atoms with van der Waals surface area (Å²) in [5.74, 6) is -0.454. The number of carboxylic acid groups (broad SMARTS) is 1. The molecule has 11 heteroatoms. The third kappa shape index (κ3) is 5.05. The molecule has 0 fully saturated rings. The number of rotatable bonds is 8. The van der Waals surface area contributed by atoms with E-state index in [2.05, 4.69) is 10.1 Å². The largest absolute Gasteiger partial charge is 0.481 e. The second kappa shape index (κ2) is 10.5. The first-order valence-electron chi connectivity index (χ1n) is 12.7. The number of unbranched alkanes of at least 4 members (excludes halogenated alkanes) is 1. The molecule has 9 nitrogen and oxygen atoms in total. The van der Waals surface area contributed by atoms with Crippen molar-refractivity contribution in [3.63, 3.8) is 0 Å². The Kier molecular flexibility index (Phi) is 6.77. The molecule has 2 aromatic heterocycles. The fraction of sp³-hybridized carbons (Fsp3) is 0.207. The van der Waals surface area contributed by atoms with E-state index in [0.29, 0.717) is 75.8 Å². The number of aromatic nitrogens is 3. The molecule has 202 valence electrons. The summed E-state index contributed by atoms with van der Waals surface area (Å²) < 4.78 is 20.9. The number of oxime groups is 1. The molecule has 1 atom stereocenters. The van der Waals surface area contributed by atoms with E-state index in [0.717, 1.165) is 5.56 Å². The Morgan fingerprint density at radius 1 is 1.05 bits per heavy atom. The van der Waals surface area contributed by atoms with Gasteiger partial charge >= 0.3 is 5.97 Å². The van der Waals surface area contributed by atoms with Crippen molar-refractivity contribution in [2.24, 2.45) is 5.16 Å². The molecule has 0 saturated carbocycles. The second-order valence-electron chi connectivity index (χ2n) is 9.48. The molecule has 0 radical (unpaired) electrons. The van der Waals surface area contributed by atoms with Crippen LogP contribution in [0.3, 0.4) is 0 Å². The number of hydrogen-bond acceptors (Lipinski definition) is 7. The lowest BCUT2D eigenvalue weighted by Gasteiger charge is -2.14. The maximum absolute atomic E-state index is 13.6. The summed E-state index contributed by atoms with van der Waals surface area (Å²) >= 11 is 6.05. The van der Waals surface area contributed by atoms with E-state index in [4.69, 9.17) is 30.9 Å². The summed E-state index contributed by atoms with van der Waals surface area (Å²) in [4.78, 5) is 39.5. The first kappa shape index (κ1) is 25.7. The lowest BCUT2D eigenvalue weighted by atomic mass is 10.0. The zero-order valence-corrected chi connectivity index (χ0v) is 21.8. The minimum absolute atomic E-state index is 0.0205. The SMILES string of the molecule is O=C(O)CCCCc1nc2cc(C3=NOC(c4nc5ccc(Cl)cc5o4)C3)ccc2c(=O)n1-c1ccc(F)cc1. The van der Waals surface area contributed by atoms with Crippen molar-refractivity contribution in [3.05, 3.63) is 99.1 Å². The number of carbonyl (C=O) groups is 1.